The number of nitrogens with one attached hydrogen (secondary N) is 1. The minimum atomic E-state index is 0.916. The van der Waals surface area contributed by atoms with E-state index < -0.39 is 0 Å². The number of aromatic nitrogens is 1. The number of para-hydroxylation sites is 1. The van der Waals surface area contributed by atoms with Crippen LogP contribution in [0.5, 0.6) is 5.75 Å². The summed E-state index contributed by atoms with van der Waals surface area (Å²) < 4.78 is 5.36. The first-order valence-electron chi connectivity index (χ1n) is 8.05. The fourth-order valence-corrected chi connectivity index (χ4v) is 3.94. The fraction of sp³-hybridized carbons (Fsp3) is 0.143. The van der Waals surface area contributed by atoms with Crippen molar-refractivity contribution >= 4 is 21.7 Å². The molecule has 1 aromatic heterocycles. The zero-order chi connectivity index (χ0) is 15.4. The van der Waals surface area contributed by atoms with E-state index in [1.807, 2.05) is 0 Å². The number of hydrogen-bond acceptors (Lipinski definition) is 1. The van der Waals surface area contributed by atoms with Crippen molar-refractivity contribution in [3.63, 3.8) is 0 Å². The van der Waals surface area contributed by atoms with Crippen LogP contribution in [0.1, 0.15) is 11.1 Å². The van der Waals surface area contributed by atoms with E-state index in [1.54, 1.807) is 7.11 Å². The lowest BCUT2D eigenvalue weighted by molar-refractivity contribution is 0.415. The summed E-state index contributed by atoms with van der Waals surface area (Å²) in [5.74, 6) is 0.916. The molecule has 0 spiro atoms. The molecule has 0 aliphatic heterocycles. The van der Waals surface area contributed by atoms with Gasteiger partial charge < -0.3 is 9.72 Å². The first kappa shape index (κ1) is 12.8. The van der Waals surface area contributed by atoms with Crippen LogP contribution in [0.4, 0.5) is 0 Å². The van der Waals surface area contributed by atoms with Crippen molar-refractivity contribution < 1.29 is 4.74 Å². The van der Waals surface area contributed by atoms with Gasteiger partial charge in [-0.25, -0.2) is 0 Å². The maximum Gasteiger partial charge on any atom is 0.119 e. The van der Waals surface area contributed by atoms with Crippen LogP contribution in [0.15, 0.2) is 54.6 Å². The molecule has 5 rings (SSSR count). The molecular formula is C21H17NO. The lowest BCUT2D eigenvalue weighted by Crippen LogP contribution is -2.03. The molecule has 0 amide bonds. The molecule has 1 aliphatic carbocycles. The minimum absolute atomic E-state index is 0.916. The van der Waals surface area contributed by atoms with E-state index in [0.29, 0.717) is 0 Å². The summed E-state index contributed by atoms with van der Waals surface area (Å²) in [7, 11) is 1.72. The van der Waals surface area contributed by atoms with Crippen molar-refractivity contribution in [2.45, 2.75) is 12.8 Å². The molecule has 2 nitrogen and oxygen atoms in total. The van der Waals surface area contributed by atoms with Gasteiger partial charge in [0.1, 0.15) is 5.75 Å². The van der Waals surface area contributed by atoms with Crippen LogP contribution in [-0.4, -0.2) is 12.1 Å². The molecule has 0 saturated heterocycles. The number of aromatic amines is 1. The third-order valence-corrected chi connectivity index (χ3v) is 5.05. The van der Waals surface area contributed by atoms with Gasteiger partial charge in [0.2, 0.25) is 0 Å². The first-order chi connectivity index (χ1) is 11.3. The van der Waals surface area contributed by atoms with Crippen LogP contribution in [0.2, 0.25) is 0 Å². The summed E-state index contributed by atoms with van der Waals surface area (Å²) in [4.78, 5) is 3.63. The summed E-state index contributed by atoms with van der Waals surface area (Å²) in [6.07, 6.45) is 2.19. The van der Waals surface area contributed by atoms with Gasteiger partial charge in [-0.3, -0.25) is 0 Å². The molecule has 0 unspecified atom stereocenters. The Bertz CT molecular complexity index is 1060. The SMILES string of the molecule is COc1ccc2c3c(ccc2c1)-c1[nH]c2ccccc2c1CC3. The topological polar surface area (TPSA) is 25.0 Å². The van der Waals surface area contributed by atoms with E-state index in [9.17, 15) is 0 Å². The molecule has 1 aliphatic rings. The third-order valence-electron chi connectivity index (χ3n) is 5.05. The minimum Gasteiger partial charge on any atom is -0.497 e. The van der Waals surface area contributed by atoms with Crippen molar-refractivity contribution in [3.05, 3.63) is 65.7 Å². The second-order valence-corrected chi connectivity index (χ2v) is 6.20. The highest BCUT2D eigenvalue weighted by Crippen LogP contribution is 2.40. The van der Waals surface area contributed by atoms with Crippen LogP contribution >= 0.6 is 0 Å². The average Bonchev–Trinajstić information content (AvgIpc) is 2.99. The Morgan fingerprint density at radius 1 is 0.870 bits per heavy atom. The lowest BCUT2D eigenvalue weighted by atomic mass is 9.86. The Balaban J connectivity index is 1.81. The summed E-state index contributed by atoms with van der Waals surface area (Å²) in [5.41, 5.74) is 6.79. The lowest BCUT2D eigenvalue weighted by Gasteiger charge is -2.19. The highest BCUT2D eigenvalue weighted by molar-refractivity contribution is 5.98. The zero-order valence-electron chi connectivity index (χ0n) is 13.0. The normalized spacial score (nSPS) is 13.1. The summed E-state index contributed by atoms with van der Waals surface area (Å²) in [6, 6.07) is 19.4. The molecule has 0 fully saturated rings. The Morgan fingerprint density at radius 3 is 2.65 bits per heavy atom. The van der Waals surface area contributed by atoms with Crippen molar-refractivity contribution in [2.75, 3.05) is 7.11 Å². The maximum atomic E-state index is 5.36. The second-order valence-electron chi connectivity index (χ2n) is 6.20. The Labute approximate surface area is 134 Å². The molecule has 112 valence electrons. The molecule has 23 heavy (non-hydrogen) atoms. The van der Waals surface area contributed by atoms with Gasteiger partial charge in [0.25, 0.3) is 0 Å². The highest BCUT2D eigenvalue weighted by atomic mass is 16.5. The van der Waals surface area contributed by atoms with Crippen LogP contribution in [0, 0.1) is 0 Å². The molecular weight excluding hydrogens is 282 g/mol. The van der Waals surface area contributed by atoms with Crippen molar-refractivity contribution in [3.8, 4) is 17.0 Å². The summed E-state index contributed by atoms with van der Waals surface area (Å²) in [6.45, 7) is 0. The smallest absolute Gasteiger partial charge is 0.119 e. The number of rotatable bonds is 1. The van der Waals surface area contributed by atoms with E-state index in [1.165, 1.54) is 44.1 Å². The molecule has 0 saturated carbocycles. The standard InChI is InChI=1S/C21H17NO/c1-23-14-7-9-15-13(12-14)6-8-18-16(15)10-11-19-17-4-2-3-5-20(17)22-21(18)19/h2-9,12,22H,10-11H2,1H3. The number of methoxy groups -OCH3 is 1. The van der Waals surface area contributed by atoms with E-state index in [4.69, 9.17) is 4.74 Å². The van der Waals surface area contributed by atoms with Gasteiger partial charge in [-0.2, -0.15) is 0 Å². The Kier molecular flexibility index (Phi) is 2.57. The van der Waals surface area contributed by atoms with Gasteiger partial charge in [0, 0.05) is 22.2 Å². The van der Waals surface area contributed by atoms with Gasteiger partial charge in [-0.15, -0.1) is 0 Å². The Hall–Kier alpha value is -2.74. The molecule has 0 bridgehead atoms. The van der Waals surface area contributed by atoms with Gasteiger partial charge >= 0.3 is 0 Å². The summed E-state index contributed by atoms with van der Waals surface area (Å²) >= 11 is 0. The Morgan fingerprint density at radius 2 is 1.74 bits per heavy atom. The van der Waals surface area contributed by atoms with E-state index in [2.05, 4.69) is 59.6 Å². The van der Waals surface area contributed by atoms with Crippen molar-refractivity contribution in [2.24, 2.45) is 0 Å². The summed E-state index contributed by atoms with van der Waals surface area (Å²) in [5, 5.41) is 3.96. The van der Waals surface area contributed by atoms with E-state index in [-0.39, 0.29) is 0 Å². The van der Waals surface area contributed by atoms with Gasteiger partial charge in [0.05, 0.1) is 7.11 Å². The molecule has 0 atom stereocenters. The average molecular weight is 299 g/mol. The van der Waals surface area contributed by atoms with E-state index >= 15 is 0 Å². The van der Waals surface area contributed by atoms with Gasteiger partial charge in [-0.05, 0) is 52.9 Å². The molecule has 3 aromatic carbocycles. The zero-order valence-corrected chi connectivity index (χ0v) is 13.0. The maximum absolute atomic E-state index is 5.36. The van der Waals surface area contributed by atoms with Crippen LogP contribution in [0.3, 0.4) is 0 Å². The number of H-pyrrole nitrogens is 1. The second kappa shape index (κ2) is 4.63. The highest BCUT2D eigenvalue weighted by Gasteiger charge is 2.21. The third kappa shape index (κ3) is 1.75. The quantitative estimate of drug-likeness (QED) is 0.520. The number of benzene rings is 3. The number of ether oxygens (including phenoxy) is 1. The van der Waals surface area contributed by atoms with Gasteiger partial charge in [-0.1, -0.05) is 36.4 Å². The monoisotopic (exact) mass is 299 g/mol. The van der Waals surface area contributed by atoms with Crippen LogP contribution in [-0.2, 0) is 12.8 Å². The predicted octanol–water partition coefficient (Wildman–Crippen LogP) is 5.10. The fourth-order valence-electron chi connectivity index (χ4n) is 3.94. The number of hydrogen-bond donors (Lipinski definition) is 1. The number of aryl methyl sites for hydroxylation is 2. The molecule has 0 radical (unpaired) electrons. The van der Waals surface area contributed by atoms with Gasteiger partial charge in [0.15, 0.2) is 0 Å². The van der Waals surface area contributed by atoms with Crippen LogP contribution < -0.4 is 4.74 Å². The van der Waals surface area contributed by atoms with Crippen LogP contribution in [0.25, 0.3) is 32.9 Å². The largest absolute Gasteiger partial charge is 0.497 e. The predicted molar refractivity (Wildman–Crippen MR) is 95.2 cm³/mol. The van der Waals surface area contributed by atoms with Crippen molar-refractivity contribution in [1.82, 2.24) is 4.98 Å². The van der Waals surface area contributed by atoms with E-state index in [0.717, 1.165) is 18.6 Å². The molecule has 1 N–H and O–H groups in total. The first-order valence-corrected chi connectivity index (χ1v) is 8.05. The molecule has 4 aromatic rings. The van der Waals surface area contributed by atoms with Crippen molar-refractivity contribution in [1.29, 1.82) is 0 Å². The molecule has 1 heterocycles. The molecule has 2 heteroatoms. The number of fused-ring (bicyclic) bond motifs is 7.